The molecular formula is C14H21ClN2O2. The maximum absolute atomic E-state index is 5.90. The number of hydrogen-bond donors (Lipinski definition) is 0. The molecule has 0 spiro atoms. The van der Waals surface area contributed by atoms with E-state index in [2.05, 4.69) is 9.88 Å². The third-order valence-electron chi connectivity index (χ3n) is 3.68. The van der Waals surface area contributed by atoms with Gasteiger partial charge in [0.2, 0.25) is 0 Å². The SMILES string of the molecule is COc1ccnc(CN(CCCl)C2CCC2)c1OC. The van der Waals surface area contributed by atoms with Crippen molar-refractivity contribution in [2.24, 2.45) is 0 Å². The molecule has 1 heterocycles. The van der Waals surface area contributed by atoms with Crippen LogP contribution in [0.1, 0.15) is 25.0 Å². The van der Waals surface area contributed by atoms with E-state index in [1.165, 1.54) is 19.3 Å². The average molecular weight is 285 g/mol. The average Bonchev–Trinajstić information content (AvgIpc) is 2.36. The number of methoxy groups -OCH3 is 2. The minimum absolute atomic E-state index is 0.636. The summed E-state index contributed by atoms with van der Waals surface area (Å²) in [6.07, 6.45) is 5.58. The highest BCUT2D eigenvalue weighted by Gasteiger charge is 2.26. The van der Waals surface area contributed by atoms with Gasteiger partial charge in [-0.15, -0.1) is 11.6 Å². The first kappa shape index (κ1) is 14.4. The Hall–Kier alpha value is -1.00. The highest BCUT2D eigenvalue weighted by Crippen LogP contribution is 2.32. The van der Waals surface area contributed by atoms with Gasteiger partial charge >= 0.3 is 0 Å². The molecule has 0 radical (unpaired) electrons. The third-order valence-corrected chi connectivity index (χ3v) is 3.85. The number of pyridine rings is 1. The van der Waals surface area contributed by atoms with Gasteiger partial charge < -0.3 is 9.47 Å². The van der Waals surface area contributed by atoms with Crippen molar-refractivity contribution in [2.45, 2.75) is 31.8 Å². The largest absolute Gasteiger partial charge is 0.493 e. The molecule has 1 saturated carbocycles. The number of ether oxygens (including phenoxy) is 2. The van der Waals surface area contributed by atoms with E-state index in [0.717, 1.165) is 30.3 Å². The van der Waals surface area contributed by atoms with Gasteiger partial charge in [0.05, 0.1) is 14.2 Å². The molecule has 0 N–H and O–H groups in total. The van der Waals surface area contributed by atoms with Crippen molar-refractivity contribution in [1.82, 2.24) is 9.88 Å². The van der Waals surface area contributed by atoms with Crippen LogP contribution in [0.4, 0.5) is 0 Å². The lowest BCUT2D eigenvalue weighted by Gasteiger charge is -2.37. The normalized spacial score (nSPS) is 15.4. The molecule has 0 aliphatic heterocycles. The van der Waals surface area contributed by atoms with E-state index < -0.39 is 0 Å². The summed E-state index contributed by atoms with van der Waals surface area (Å²) in [6.45, 7) is 1.64. The topological polar surface area (TPSA) is 34.6 Å². The molecule has 1 aromatic heterocycles. The molecule has 0 amide bonds. The molecule has 5 heteroatoms. The van der Waals surface area contributed by atoms with E-state index in [0.29, 0.717) is 11.9 Å². The Balaban J connectivity index is 2.15. The fourth-order valence-electron chi connectivity index (χ4n) is 2.41. The Labute approximate surface area is 119 Å². The molecule has 0 bridgehead atoms. The molecule has 0 atom stereocenters. The number of aromatic nitrogens is 1. The van der Waals surface area contributed by atoms with Crippen LogP contribution in [0, 0.1) is 0 Å². The van der Waals surface area contributed by atoms with E-state index in [-0.39, 0.29) is 0 Å². The minimum Gasteiger partial charge on any atom is -0.493 e. The zero-order chi connectivity index (χ0) is 13.7. The maximum Gasteiger partial charge on any atom is 0.183 e. The van der Waals surface area contributed by atoms with Crippen LogP contribution in [0.3, 0.4) is 0 Å². The van der Waals surface area contributed by atoms with Crippen molar-refractivity contribution in [2.75, 3.05) is 26.6 Å². The van der Waals surface area contributed by atoms with Gasteiger partial charge in [0.15, 0.2) is 11.5 Å². The Morgan fingerprint density at radius 2 is 2.16 bits per heavy atom. The molecule has 4 nitrogen and oxygen atoms in total. The standard InChI is InChI=1S/C14H21ClN2O2/c1-18-13-6-8-16-12(14(13)19-2)10-17(9-7-15)11-4-3-5-11/h6,8,11H,3-5,7,9-10H2,1-2H3. The molecular weight excluding hydrogens is 264 g/mol. The second-order valence-corrected chi connectivity index (χ2v) is 5.12. The lowest BCUT2D eigenvalue weighted by atomic mass is 9.91. The van der Waals surface area contributed by atoms with Crippen LogP contribution in [0.25, 0.3) is 0 Å². The van der Waals surface area contributed by atoms with Crippen LogP contribution in [0.5, 0.6) is 11.5 Å². The third kappa shape index (κ3) is 3.31. The summed E-state index contributed by atoms with van der Waals surface area (Å²) < 4.78 is 10.7. The molecule has 19 heavy (non-hydrogen) atoms. The fourth-order valence-corrected chi connectivity index (χ4v) is 2.62. The highest BCUT2D eigenvalue weighted by atomic mass is 35.5. The van der Waals surface area contributed by atoms with Gasteiger partial charge in [-0.1, -0.05) is 6.42 Å². The summed E-state index contributed by atoms with van der Waals surface area (Å²) >= 11 is 5.90. The van der Waals surface area contributed by atoms with Gasteiger partial charge in [0.1, 0.15) is 5.69 Å². The Bertz CT molecular complexity index is 410. The second-order valence-electron chi connectivity index (χ2n) is 4.74. The first-order valence-corrected chi connectivity index (χ1v) is 7.19. The van der Waals surface area contributed by atoms with Crippen LogP contribution < -0.4 is 9.47 Å². The van der Waals surface area contributed by atoms with Crippen LogP contribution in [-0.4, -0.2) is 42.6 Å². The summed E-state index contributed by atoms with van der Waals surface area (Å²) in [5.41, 5.74) is 0.916. The summed E-state index contributed by atoms with van der Waals surface area (Å²) in [5.74, 6) is 2.10. The van der Waals surface area contributed by atoms with Crippen molar-refractivity contribution in [1.29, 1.82) is 0 Å². The van der Waals surface area contributed by atoms with Crippen LogP contribution in [0.2, 0.25) is 0 Å². The summed E-state index contributed by atoms with van der Waals surface area (Å²) in [5, 5.41) is 0. The molecule has 1 aromatic rings. The van der Waals surface area contributed by atoms with Crippen molar-refractivity contribution >= 4 is 11.6 Å². The molecule has 0 unspecified atom stereocenters. The Morgan fingerprint density at radius 3 is 2.68 bits per heavy atom. The summed E-state index contributed by atoms with van der Waals surface area (Å²) in [6, 6.07) is 2.45. The predicted octanol–water partition coefficient (Wildman–Crippen LogP) is 2.69. The first-order chi connectivity index (χ1) is 9.30. The van der Waals surface area contributed by atoms with Crippen LogP contribution >= 0.6 is 11.6 Å². The van der Waals surface area contributed by atoms with Crippen molar-refractivity contribution < 1.29 is 9.47 Å². The van der Waals surface area contributed by atoms with Crippen LogP contribution in [0.15, 0.2) is 12.3 Å². The predicted molar refractivity (Wildman–Crippen MR) is 76.1 cm³/mol. The highest BCUT2D eigenvalue weighted by molar-refractivity contribution is 6.18. The smallest absolute Gasteiger partial charge is 0.183 e. The van der Waals surface area contributed by atoms with Gasteiger partial charge in [0, 0.05) is 37.3 Å². The van der Waals surface area contributed by atoms with Crippen molar-refractivity contribution in [3.05, 3.63) is 18.0 Å². The molecule has 2 rings (SSSR count). The molecule has 106 valence electrons. The van der Waals surface area contributed by atoms with Gasteiger partial charge in [-0.2, -0.15) is 0 Å². The van der Waals surface area contributed by atoms with Gasteiger partial charge in [-0.25, -0.2) is 0 Å². The lowest BCUT2D eigenvalue weighted by Crippen LogP contribution is -2.41. The van der Waals surface area contributed by atoms with Gasteiger partial charge in [0.25, 0.3) is 0 Å². The zero-order valence-corrected chi connectivity index (χ0v) is 12.3. The van der Waals surface area contributed by atoms with E-state index in [1.54, 1.807) is 20.4 Å². The number of rotatable bonds is 7. The number of hydrogen-bond acceptors (Lipinski definition) is 4. The van der Waals surface area contributed by atoms with Gasteiger partial charge in [-0.3, -0.25) is 9.88 Å². The number of halogens is 1. The summed E-state index contributed by atoms with van der Waals surface area (Å²) in [4.78, 5) is 6.82. The molecule has 1 fully saturated rings. The van der Waals surface area contributed by atoms with Crippen LogP contribution in [-0.2, 0) is 6.54 Å². The molecule has 1 aliphatic rings. The van der Waals surface area contributed by atoms with E-state index in [4.69, 9.17) is 21.1 Å². The monoisotopic (exact) mass is 284 g/mol. The summed E-state index contributed by atoms with van der Waals surface area (Å²) in [7, 11) is 3.29. The second kappa shape index (κ2) is 6.96. The van der Waals surface area contributed by atoms with Gasteiger partial charge in [-0.05, 0) is 12.8 Å². The fraction of sp³-hybridized carbons (Fsp3) is 0.643. The minimum atomic E-state index is 0.636. The molecule has 0 saturated heterocycles. The zero-order valence-electron chi connectivity index (χ0n) is 11.6. The van der Waals surface area contributed by atoms with Crippen molar-refractivity contribution in [3.63, 3.8) is 0 Å². The Morgan fingerprint density at radius 1 is 1.37 bits per heavy atom. The van der Waals surface area contributed by atoms with E-state index >= 15 is 0 Å². The maximum atomic E-state index is 5.90. The molecule has 0 aromatic carbocycles. The number of alkyl halides is 1. The van der Waals surface area contributed by atoms with E-state index in [9.17, 15) is 0 Å². The quantitative estimate of drug-likeness (QED) is 0.721. The van der Waals surface area contributed by atoms with Crippen molar-refractivity contribution in [3.8, 4) is 11.5 Å². The lowest BCUT2D eigenvalue weighted by molar-refractivity contribution is 0.124. The van der Waals surface area contributed by atoms with E-state index in [1.807, 2.05) is 6.07 Å². The molecule has 1 aliphatic carbocycles. The first-order valence-electron chi connectivity index (χ1n) is 6.66. The number of nitrogens with zero attached hydrogens (tertiary/aromatic N) is 2. The Kier molecular flexibility index (Phi) is 5.28.